The van der Waals surface area contributed by atoms with E-state index in [-0.39, 0.29) is 10.8 Å². The second-order valence-electron chi connectivity index (χ2n) is 4.06. The van der Waals surface area contributed by atoms with Crippen LogP contribution >= 0.6 is 27.5 Å². The minimum Gasteiger partial charge on any atom is -0.397 e. The van der Waals surface area contributed by atoms with E-state index >= 15 is 0 Å². The summed E-state index contributed by atoms with van der Waals surface area (Å²) in [7, 11) is 0. The van der Waals surface area contributed by atoms with Gasteiger partial charge in [-0.15, -0.1) is 0 Å². The molecule has 0 atom stereocenters. The van der Waals surface area contributed by atoms with E-state index in [4.69, 9.17) is 17.3 Å². The zero-order valence-corrected chi connectivity index (χ0v) is 12.2. The van der Waals surface area contributed by atoms with Gasteiger partial charge in [0.05, 0.1) is 20.9 Å². The molecule has 0 saturated carbocycles. The Hall–Kier alpha value is -1.33. The average molecular weight is 348 g/mol. The molecule has 0 aromatic heterocycles. The molecule has 0 aliphatic rings. The Labute approximate surface area is 122 Å². The Kier molecular flexibility index (Phi) is 3.96. The Morgan fingerprint density at radius 1 is 1.11 bits per heavy atom. The van der Waals surface area contributed by atoms with Crippen LogP contribution in [-0.4, -0.2) is 0 Å². The molecular weight excluding hydrogens is 338 g/mol. The monoisotopic (exact) mass is 346 g/mol. The number of anilines is 3. The van der Waals surface area contributed by atoms with E-state index in [1.54, 1.807) is 13.0 Å². The Balaban J connectivity index is 2.42. The van der Waals surface area contributed by atoms with Crippen molar-refractivity contribution in [1.82, 2.24) is 0 Å². The van der Waals surface area contributed by atoms with Gasteiger partial charge in [0, 0.05) is 11.8 Å². The number of nitrogen functional groups attached to an aromatic ring is 1. The van der Waals surface area contributed by atoms with Crippen LogP contribution in [0.25, 0.3) is 0 Å². The molecule has 0 bridgehead atoms. The van der Waals surface area contributed by atoms with E-state index in [1.807, 2.05) is 0 Å². The smallest absolute Gasteiger partial charge is 0.144 e. The van der Waals surface area contributed by atoms with Crippen molar-refractivity contribution in [3.8, 4) is 0 Å². The average Bonchev–Trinajstić information content (AvgIpc) is 2.32. The lowest BCUT2D eigenvalue weighted by Crippen LogP contribution is -2.00. The summed E-state index contributed by atoms with van der Waals surface area (Å²) >= 11 is 8.72. The maximum Gasteiger partial charge on any atom is 0.144 e. The van der Waals surface area contributed by atoms with Crippen LogP contribution in [0.2, 0.25) is 5.02 Å². The third-order valence-electron chi connectivity index (χ3n) is 2.63. The molecule has 6 heteroatoms. The topological polar surface area (TPSA) is 38.0 Å². The van der Waals surface area contributed by atoms with Gasteiger partial charge in [0.25, 0.3) is 0 Å². The highest BCUT2D eigenvalue weighted by atomic mass is 79.9. The first-order valence-electron chi connectivity index (χ1n) is 5.35. The first kappa shape index (κ1) is 14.1. The molecule has 0 radical (unpaired) electrons. The molecule has 3 N–H and O–H groups in total. The fourth-order valence-corrected chi connectivity index (χ4v) is 2.11. The summed E-state index contributed by atoms with van der Waals surface area (Å²) in [5.41, 5.74) is 7.75. The van der Waals surface area contributed by atoms with E-state index in [9.17, 15) is 8.78 Å². The summed E-state index contributed by atoms with van der Waals surface area (Å²) in [5.74, 6) is -0.935. The minimum absolute atomic E-state index is 0.0416. The molecule has 0 aliphatic heterocycles. The maximum absolute atomic E-state index is 13.4. The molecule has 100 valence electrons. The van der Waals surface area contributed by atoms with Crippen molar-refractivity contribution < 1.29 is 8.78 Å². The van der Waals surface area contributed by atoms with Crippen LogP contribution < -0.4 is 11.1 Å². The fourth-order valence-electron chi connectivity index (χ4n) is 1.60. The second-order valence-corrected chi connectivity index (χ2v) is 5.32. The van der Waals surface area contributed by atoms with Gasteiger partial charge in [0.1, 0.15) is 11.6 Å². The Morgan fingerprint density at radius 2 is 1.79 bits per heavy atom. The van der Waals surface area contributed by atoms with Gasteiger partial charge in [-0.1, -0.05) is 11.6 Å². The summed E-state index contributed by atoms with van der Waals surface area (Å²) in [6.07, 6.45) is 0. The lowest BCUT2D eigenvalue weighted by Gasteiger charge is -2.13. The van der Waals surface area contributed by atoms with Gasteiger partial charge in [-0.25, -0.2) is 8.78 Å². The van der Waals surface area contributed by atoms with Crippen molar-refractivity contribution in [3.05, 3.63) is 51.0 Å². The number of hydrogen-bond donors (Lipinski definition) is 2. The number of halogens is 4. The normalized spacial score (nSPS) is 10.6. The minimum atomic E-state index is -0.572. The zero-order chi connectivity index (χ0) is 14.2. The van der Waals surface area contributed by atoms with Crippen molar-refractivity contribution in [1.29, 1.82) is 0 Å². The van der Waals surface area contributed by atoms with Crippen molar-refractivity contribution >= 4 is 44.6 Å². The van der Waals surface area contributed by atoms with E-state index in [0.29, 0.717) is 27.1 Å². The molecule has 2 rings (SSSR count). The molecule has 19 heavy (non-hydrogen) atoms. The second kappa shape index (κ2) is 5.35. The Morgan fingerprint density at radius 3 is 2.47 bits per heavy atom. The van der Waals surface area contributed by atoms with Gasteiger partial charge < -0.3 is 11.1 Å². The van der Waals surface area contributed by atoms with Crippen molar-refractivity contribution in [3.63, 3.8) is 0 Å². The van der Waals surface area contributed by atoms with Crippen LogP contribution in [0, 0.1) is 18.6 Å². The molecule has 0 unspecified atom stereocenters. The molecule has 2 nitrogen and oxygen atoms in total. The third kappa shape index (κ3) is 2.98. The highest BCUT2D eigenvalue weighted by Crippen LogP contribution is 2.31. The van der Waals surface area contributed by atoms with Crippen LogP contribution in [0.3, 0.4) is 0 Å². The van der Waals surface area contributed by atoms with Crippen molar-refractivity contribution in [2.75, 3.05) is 11.1 Å². The quantitative estimate of drug-likeness (QED) is 0.749. The zero-order valence-electron chi connectivity index (χ0n) is 9.90. The van der Waals surface area contributed by atoms with Gasteiger partial charge in [0.2, 0.25) is 0 Å². The number of benzene rings is 2. The summed E-state index contributed by atoms with van der Waals surface area (Å²) in [6, 6.07) is 5.47. The predicted molar refractivity (Wildman–Crippen MR) is 77.9 cm³/mol. The molecular formula is C13H10BrClF2N2. The predicted octanol–water partition coefficient (Wildman–Crippen LogP) is 5.01. The number of nitrogens with one attached hydrogen (secondary N) is 1. The molecule has 0 aliphatic carbocycles. The number of rotatable bonds is 2. The van der Waals surface area contributed by atoms with Gasteiger partial charge in [0.15, 0.2) is 0 Å². The summed E-state index contributed by atoms with van der Waals surface area (Å²) in [6.45, 7) is 1.74. The molecule has 0 fully saturated rings. The first-order valence-corrected chi connectivity index (χ1v) is 6.52. The van der Waals surface area contributed by atoms with Gasteiger partial charge in [-0.05, 0) is 46.6 Å². The SMILES string of the molecule is Cc1cc(F)c(Br)cc1Nc1cc(F)c(Cl)cc1N. The van der Waals surface area contributed by atoms with E-state index in [0.717, 1.165) is 0 Å². The number of nitrogens with two attached hydrogens (primary N) is 1. The van der Waals surface area contributed by atoms with E-state index in [1.165, 1.54) is 18.2 Å². The van der Waals surface area contributed by atoms with Crippen LogP contribution in [0.15, 0.2) is 28.7 Å². The Bertz CT molecular complexity index is 592. The highest BCUT2D eigenvalue weighted by molar-refractivity contribution is 9.10. The van der Waals surface area contributed by atoms with Crippen LogP contribution in [0.4, 0.5) is 25.8 Å². The molecule has 0 heterocycles. The van der Waals surface area contributed by atoms with Gasteiger partial charge in [-0.2, -0.15) is 0 Å². The highest BCUT2D eigenvalue weighted by Gasteiger charge is 2.10. The molecule has 0 amide bonds. The fraction of sp³-hybridized carbons (Fsp3) is 0.0769. The lowest BCUT2D eigenvalue weighted by atomic mass is 10.1. The van der Waals surface area contributed by atoms with E-state index in [2.05, 4.69) is 21.2 Å². The molecule has 2 aromatic rings. The maximum atomic E-state index is 13.4. The van der Waals surface area contributed by atoms with Gasteiger partial charge in [-0.3, -0.25) is 0 Å². The molecule has 2 aromatic carbocycles. The van der Waals surface area contributed by atoms with Crippen LogP contribution in [0.1, 0.15) is 5.56 Å². The number of aryl methyl sites for hydroxylation is 1. The molecule has 0 saturated heterocycles. The summed E-state index contributed by atoms with van der Waals surface area (Å²) < 4.78 is 27.0. The summed E-state index contributed by atoms with van der Waals surface area (Å²) in [4.78, 5) is 0. The largest absolute Gasteiger partial charge is 0.397 e. The first-order chi connectivity index (χ1) is 8.88. The molecule has 0 spiro atoms. The van der Waals surface area contributed by atoms with Crippen molar-refractivity contribution in [2.24, 2.45) is 0 Å². The third-order valence-corrected chi connectivity index (χ3v) is 3.53. The van der Waals surface area contributed by atoms with Crippen molar-refractivity contribution in [2.45, 2.75) is 6.92 Å². The van der Waals surface area contributed by atoms with E-state index < -0.39 is 5.82 Å². The lowest BCUT2D eigenvalue weighted by molar-refractivity contribution is 0.620. The standard InChI is InChI=1S/C13H10BrClF2N2/c1-6-2-9(16)7(14)3-12(6)19-13-5-10(17)8(15)4-11(13)18/h2-5,19H,18H2,1H3. The van der Waals surface area contributed by atoms with Gasteiger partial charge >= 0.3 is 0 Å². The van der Waals surface area contributed by atoms with Crippen LogP contribution in [0.5, 0.6) is 0 Å². The number of hydrogen-bond acceptors (Lipinski definition) is 2. The summed E-state index contributed by atoms with van der Waals surface area (Å²) in [5, 5.41) is 2.91. The van der Waals surface area contributed by atoms with Crippen LogP contribution in [-0.2, 0) is 0 Å².